The predicted octanol–water partition coefficient (Wildman–Crippen LogP) is 2.80. The summed E-state index contributed by atoms with van der Waals surface area (Å²) in [6, 6.07) is 0. The third-order valence-electron chi connectivity index (χ3n) is 3.12. The summed E-state index contributed by atoms with van der Waals surface area (Å²) in [6.07, 6.45) is 2.98. The Labute approximate surface area is 116 Å². The molecule has 0 aliphatic carbocycles. The quantitative estimate of drug-likeness (QED) is 0.681. The summed E-state index contributed by atoms with van der Waals surface area (Å²) < 4.78 is 17.0. The topological polar surface area (TPSA) is 44.8 Å². The molecule has 2 unspecified atom stereocenters. The minimum atomic E-state index is -0.106. The summed E-state index contributed by atoms with van der Waals surface area (Å²) in [6.45, 7) is 9.43. The first-order valence-corrected chi connectivity index (χ1v) is 7.36. The second kappa shape index (κ2) is 8.67. The molecule has 0 spiro atoms. The zero-order chi connectivity index (χ0) is 14.3. The molecule has 0 aromatic rings. The second-order valence-corrected chi connectivity index (χ2v) is 5.98. The highest BCUT2D eigenvalue weighted by Crippen LogP contribution is 2.20. The molecule has 1 aliphatic rings. The molecule has 4 nitrogen and oxygen atoms in total. The molecule has 0 amide bonds. The normalized spacial score (nSPS) is 24.1. The van der Waals surface area contributed by atoms with Crippen molar-refractivity contribution in [3.8, 4) is 0 Å². The second-order valence-electron chi connectivity index (χ2n) is 5.98. The predicted molar refractivity (Wildman–Crippen MR) is 74.0 cm³/mol. The van der Waals surface area contributed by atoms with Gasteiger partial charge in [0.05, 0.1) is 19.3 Å². The molecule has 1 rings (SSSR count). The van der Waals surface area contributed by atoms with Crippen molar-refractivity contribution in [2.75, 3.05) is 19.8 Å². The van der Waals surface area contributed by atoms with Gasteiger partial charge in [-0.3, -0.25) is 4.79 Å². The van der Waals surface area contributed by atoms with Crippen molar-refractivity contribution >= 4 is 5.78 Å². The van der Waals surface area contributed by atoms with Crippen molar-refractivity contribution in [1.29, 1.82) is 0 Å². The van der Waals surface area contributed by atoms with E-state index in [9.17, 15) is 4.79 Å². The van der Waals surface area contributed by atoms with E-state index in [0.29, 0.717) is 12.5 Å². The van der Waals surface area contributed by atoms with Crippen LogP contribution in [0, 0.1) is 11.8 Å². The van der Waals surface area contributed by atoms with Crippen LogP contribution in [0.3, 0.4) is 0 Å². The summed E-state index contributed by atoms with van der Waals surface area (Å²) in [5, 5.41) is 0. The fourth-order valence-corrected chi connectivity index (χ4v) is 1.87. The van der Waals surface area contributed by atoms with Crippen LogP contribution in [0.4, 0.5) is 0 Å². The molecule has 1 heterocycles. The van der Waals surface area contributed by atoms with E-state index in [2.05, 4.69) is 13.8 Å². The standard InChI is InChI=1S/C15H28O4/c1-11(2)8-18-15-7-5-6-13(19-15)9-17-10-14(16)12(3)4/h11-13,15H,5-10H2,1-4H3. The monoisotopic (exact) mass is 272 g/mol. The molecule has 0 aromatic carbocycles. The van der Waals surface area contributed by atoms with Crippen LogP contribution in [0.2, 0.25) is 0 Å². The van der Waals surface area contributed by atoms with E-state index in [1.54, 1.807) is 0 Å². The first kappa shape index (κ1) is 16.6. The van der Waals surface area contributed by atoms with E-state index >= 15 is 0 Å². The molecule has 19 heavy (non-hydrogen) atoms. The third-order valence-corrected chi connectivity index (χ3v) is 3.12. The number of hydrogen-bond acceptors (Lipinski definition) is 4. The maximum atomic E-state index is 11.4. The lowest BCUT2D eigenvalue weighted by atomic mass is 10.1. The van der Waals surface area contributed by atoms with Crippen LogP contribution < -0.4 is 0 Å². The maximum Gasteiger partial charge on any atom is 0.160 e. The zero-order valence-electron chi connectivity index (χ0n) is 12.7. The van der Waals surface area contributed by atoms with Crippen LogP contribution in [-0.4, -0.2) is 38.0 Å². The van der Waals surface area contributed by atoms with Crippen molar-refractivity contribution < 1.29 is 19.0 Å². The Hall–Kier alpha value is -0.450. The molecular formula is C15H28O4. The highest BCUT2D eigenvalue weighted by molar-refractivity contribution is 5.81. The molecule has 2 atom stereocenters. The lowest BCUT2D eigenvalue weighted by Crippen LogP contribution is -2.34. The van der Waals surface area contributed by atoms with E-state index in [0.717, 1.165) is 25.9 Å². The number of carbonyl (C=O) groups excluding carboxylic acids is 1. The minimum absolute atomic E-state index is 0.0365. The average molecular weight is 272 g/mol. The number of Topliss-reactive ketones (excluding diaryl/α,β-unsaturated/α-hetero) is 1. The first-order valence-electron chi connectivity index (χ1n) is 7.36. The summed E-state index contributed by atoms with van der Waals surface area (Å²) in [4.78, 5) is 11.4. The number of rotatable bonds is 8. The van der Waals surface area contributed by atoms with E-state index in [4.69, 9.17) is 14.2 Å². The van der Waals surface area contributed by atoms with Crippen molar-refractivity contribution in [1.82, 2.24) is 0 Å². The Morgan fingerprint density at radius 3 is 2.63 bits per heavy atom. The molecule has 1 fully saturated rings. The Bertz CT molecular complexity index is 263. The number of carbonyl (C=O) groups is 1. The van der Waals surface area contributed by atoms with Crippen LogP contribution in [-0.2, 0) is 19.0 Å². The minimum Gasteiger partial charge on any atom is -0.371 e. The van der Waals surface area contributed by atoms with Gasteiger partial charge in [-0.15, -0.1) is 0 Å². The van der Waals surface area contributed by atoms with Gasteiger partial charge in [0.1, 0.15) is 6.61 Å². The summed E-state index contributed by atoms with van der Waals surface area (Å²) in [5.74, 6) is 0.696. The lowest BCUT2D eigenvalue weighted by molar-refractivity contribution is -0.207. The number of ketones is 1. The Morgan fingerprint density at radius 1 is 1.26 bits per heavy atom. The fourth-order valence-electron chi connectivity index (χ4n) is 1.87. The maximum absolute atomic E-state index is 11.4. The highest BCUT2D eigenvalue weighted by Gasteiger charge is 2.23. The molecular weight excluding hydrogens is 244 g/mol. The highest BCUT2D eigenvalue weighted by atomic mass is 16.7. The SMILES string of the molecule is CC(C)COC1CCCC(COCC(=O)C(C)C)O1. The van der Waals surface area contributed by atoms with Gasteiger partial charge in [0, 0.05) is 5.92 Å². The van der Waals surface area contributed by atoms with Gasteiger partial charge in [0.2, 0.25) is 0 Å². The smallest absolute Gasteiger partial charge is 0.160 e. The molecule has 112 valence electrons. The van der Waals surface area contributed by atoms with E-state index < -0.39 is 0 Å². The molecule has 0 aromatic heterocycles. The van der Waals surface area contributed by atoms with E-state index in [1.165, 1.54) is 0 Å². The first-order chi connectivity index (χ1) is 8.99. The summed E-state index contributed by atoms with van der Waals surface area (Å²) in [5.41, 5.74) is 0. The number of ether oxygens (including phenoxy) is 3. The van der Waals surface area contributed by atoms with Crippen molar-refractivity contribution in [3.63, 3.8) is 0 Å². The largest absolute Gasteiger partial charge is 0.371 e. The average Bonchev–Trinajstić information content (AvgIpc) is 2.36. The van der Waals surface area contributed by atoms with Gasteiger partial charge in [-0.05, 0) is 25.2 Å². The third kappa shape index (κ3) is 7.04. The van der Waals surface area contributed by atoms with Gasteiger partial charge < -0.3 is 14.2 Å². The van der Waals surface area contributed by atoms with Crippen LogP contribution >= 0.6 is 0 Å². The van der Waals surface area contributed by atoms with Crippen molar-refractivity contribution in [3.05, 3.63) is 0 Å². The van der Waals surface area contributed by atoms with Crippen LogP contribution in [0.15, 0.2) is 0 Å². The van der Waals surface area contributed by atoms with Crippen LogP contribution in [0.1, 0.15) is 47.0 Å². The summed E-state index contributed by atoms with van der Waals surface area (Å²) in [7, 11) is 0. The Kier molecular flexibility index (Phi) is 7.57. The van der Waals surface area contributed by atoms with Crippen LogP contribution in [0.5, 0.6) is 0 Å². The summed E-state index contributed by atoms with van der Waals surface area (Å²) >= 11 is 0. The van der Waals surface area contributed by atoms with Gasteiger partial charge in [0.15, 0.2) is 12.1 Å². The number of hydrogen-bond donors (Lipinski definition) is 0. The van der Waals surface area contributed by atoms with Crippen molar-refractivity contribution in [2.45, 2.75) is 59.4 Å². The van der Waals surface area contributed by atoms with E-state index in [-0.39, 0.29) is 30.7 Å². The van der Waals surface area contributed by atoms with Gasteiger partial charge in [-0.1, -0.05) is 27.7 Å². The molecule has 4 heteroatoms. The molecule has 1 aliphatic heterocycles. The molecule has 0 bridgehead atoms. The van der Waals surface area contributed by atoms with Gasteiger partial charge in [-0.25, -0.2) is 0 Å². The lowest BCUT2D eigenvalue weighted by Gasteiger charge is -2.30. The molecule has 0 radical (unpaired) electrons. The van der Waals surface area contributed by atoms with Crippen molar-refractivity contribution in [2.24, 2.45) is 11.8 Å². The van der Waals surface area contributed by atoms with Gasteiger partial charge in [-0.2, -0.15) is 0 Å². The Balaban J connectivity index is 2.18. The van der Waals surface area contributed by atoms with E-state index in [1.807, 2.05) is 13.8 Å². The zero-order valence-corrected chi connectivity index (χ0v) is 12.7. The fraction of sp³-hybridized carbons (Fsp3) is 0.933. The molecule has 1 saturated heterocycles. The molecule has 0 saturated carbocycles. The van der Waals surface area contributed by atoms with Gasteiger partial charge in [0.25, 0.3) is 0 Å². The molecule has 0 N–H and O–H groups in total. The Morgan fingerprint density at radius 2 is 2.00 bits per heavy atom. The van der Waals surface area contributed by atoms with Crippen LogP contribution in [0.25, 0.3) is 0 Å². The van der Waals surface area contributed by atoms with Gasteiger partial charge >= 0.3 is 0 Å².